The Morgan fingerprint density at radius 2 is 1.57 bits per heavy atom. The monoisotopic (exact) mass is 591 g/mol. The van der Waals surface area contributed by atoms with Crippen LogP contribution in [0.3, 0.4) is 0 Å². The molecule has 3 aromatic rings. The van der Waals surface area contributed by atoms with Crippen molar-refractivity contribution in [3.63, 3.8) is 0 Å². The lowest BCUT2D eigenvalue weighted by Crippen LogP contribution is -2.54. The second kappa shape index (κ2) is 14.4. The quantitative estimate of drug-likeness (QED) is 0.302. The molecule has 0 spiro atoms. The van der Waals surface area contributed by atoms with Crippen LogP contribution >= 0.6 is 0 Å². The number of aryl methyl sites for hydroxylation is 1. The number of para-hydroxylation sites is 1. The SMILES string of the molecule is CC[C@@H](C(=O)NC1CCCCC1)N(Cc1ccc(C)cc1)C(=O)CN(c1ccccc1)S(=O)(=O)c1ccc(OC)cc1. The summed E-state index contributed by atoms with van der Waals surface area (Å²) in [6, 6.07) is 21.8. The van der Waals surface area contributed by atoms with E-state index < -0.39 is 28.5 Å². The third-order valence-electron chi connectivity index (χ3n) is 7.78. The number of hydrogen-bond donors (Lipinski definition) is 1. The predicted octanol–water partition coefficient (Wildman–Crippen LogP) is 5.46. The van der Waals surface area contributed by atoms with Crippen LogP contribution in [-0.2, 0) is 26.2 Å². The summed E-state index contributed by atoms with van der Waals surface area (Å²) in [5.41, 5.74) is 2.30. The molecule has 0 saturated heterocycles. The van der Waals surface area contributed by atoms with Crippen molar-refractivity contribution in [3.05, 3.63) is 90.0 Å². The Hall–Kier alpha value is -3.85. The van der Waals surface area contributed by atoms with Gasteiger partial charge in [0, 0.05) is 12.6 Å². The largest absolute Gasteiger partial charge is 0.497 e. The van der Waals surface area contributed by atoms with Crippen LogP contribution < -0.4 is 14.4 Å². The van der Waals surface area contributed by atoms with Gasteiger partial charge in [-0.25, -0.2) is 8.42 Å². The first-order chi connectivity index (χ1) is 20.2. The fourth-order valence-electron chi connectivity index (χ4n) is 5.35. The molecule has 0 aromatic heterocycles. The van der Waals surface area contributed by atoms with E-state index in [4.69, 9.17) is 4.74 Å². The summed E-state index contributed by atoms with van der Waals surface area (Å²) in [6.07, 6.45) is 5.56. The first-order valence-electron chi connectivity index (χ1n) is 14.6. The molecule has 0 unspecified atom stereocenters. The van der Waals surface area contributed by atoms with E-state index in [0.717, 1.165) is 41.1 Å². The molecule has 0 radical (unpaired) electrons. The van der Waals surface area contributed by atoms with Crippen molar-refractivity contribution in [3.8, 4) is 5.75 Å². The zero-order valence-corrected chi connectivity index (χ0v) is 25.5. The highest BCUT2D eigenvalue weighted by atomic mass is 32.2. The van der Waals surface area contributed by atoms with Gasteiger partial charge in [-0.1, -0.05) is 74.2 Å². The van der Waals surface area contributed by atoms with Crippen LogP contribution in [0.2, 0.25) is 0 Å². The van der Waals surface area contributed by atoms with E-state index in [1.54, 1.807) is 42.5 Å². The number of nitrogens with zero attached hydrogens (tertiary/aromatic N) is 2. The van der Waals surface area contributed by atoms with E-state index in [1.807, 2.05) is 38.1 Å². The Labute approximate surface area is 249 Å². The minimum absolute atomic E-state index is 0.0344. The second-order valence-electron chi connectivity index (χ2n) is 10.8. The second-order valence-corrected chi connectivity index (χ2v) is 12.7. The summed E-state index contributed by atoms with van der Waals surface area (Å²) in [4.78, 5) is 29.4. The molecule has 1 N–H and O–H groups in total. The molecule has 9 heteroatoms. The van der Waals surface area contributed by atoms with E-state index >= 15 is 0 Å². The lowest BCUT2D eigenvalue weighted by atomic mass is 9.95. The Bertz CT molecular complexity index is 1420. The maximum atomic E-state index is 14.2. The van der Waals surface area contributed by atoms with Crippen molar-refractivity contribution in [1.29, 1.82) is 0 Å². The Morgan fingerprint density at radius 3 is 2.17 bits per heavy atom. The molecule has 224 valence electrons. The number of carbonyl (C=O) groups excluding carboxylic acids is 2. The van der Waals surface area contributed by atoms with Crippen molar-refractivity contribution in [2.75, 3.05) is 18.0 Å². The molecule has 1 saturated carbocycles. The maximum absolute atomic E-state index is 14.2. The number of ether oxygens (including phenoxy) is 1. The first-order valence-corrected chi connectivity index (χ1v) is 16.0. The number of carbonyl (C=O) groups is 2. The smallest absolute Gasteiger partial charge is 0.264 e. The van der Waals surface area contributed by atoms with E-state index in [0.29, 0.717) is 17.9 Å². The molecular weight excluding hydrogens is 550 g/mol. The van der Waals surface area contributed by atoms with Crippen LogP contribution in [0.4, 0.5) is 5.69 Å². The Morgan fingerprint density at radius 1 is 0.929 bits per heavy atom. The standard InChI is InChI=1S/C33H41N3O5S/c1-4-31(33(38)34-27-11-7-5-8-12-27)35(23-26-17-15-25(2)16-18-26)32(37)24-36(28-13-9-6-10-14-28)42(39,40)30-21-19-29(41-3)20-22-30/h6,9-10,13-22,27,31H,4-5,7-8,11-12,23-24H2,1-3H3,(H,34,38)/t31-/m0/s1. The summed E-state index contributed by atoms with van der Waals surface area (Å²) < 4.78 is 34.2. The highest BCUT2D eigenvalue weighted by Crippen LogP contribution is 2.26. The van der Waals surface area contributed by atoms with Gasteiger partial charge in [0.2, 0.25) is 11.8 Å². The molecule has 0 aliphatic heterocycles. The third kappa shape index (κ3) is 7.70. The third-order valence-corrected chi connectivity index (χ3v) is 9.57. The average molecular weight is 592 g/mol. The van der Waals surface area contributed by atoms with Gasteiger partial charge in [-0.2, -0.15) is 0 Å². The molecule has 3 aromatic carbocycles. The Balaban J connectivity index is 1.68. The summed E-state index contributed by atoms with van der Waals surface area (Å²) in [6.45, 7) is 3.59. The minimum Gasteiger partial charge on any atom is -0.497 e. The van der Waals surface area contributed by atoms with Crippen LogP contribution in [0.5, 0.6) is 5.75 Å². The molecule has 42 heavy (non-hydrogen) atoms. The highest BCUT2D eigenvalue weighted by molar-refractivity contribution is 7.92. The van der Waals surface area contributed by atoms with Gasteiger partial charge in [0.15, 0.2) is 0 Å². The zero-order valence-electron chi connectivity index (χ0n) is 24.7. The summed E-state index contributed by atoms with van der Waals surface area (Å²) in [5, 5.41) is 3.18. The lowest BCUT2D eigenvalue weighted by molar-refractivity contribution is -0.140. The normalized spacial score (nSPS) is 14.5. The van der Waals surface area contributed by atoms with E-state index in [1.165, 1.54) is 30.6 Å². The number of rotatable bonds is 12. The number of benzene rings is 3. The van der Waals surface area contributed by atoms with Crippen LogP contribution in [0.15, 0.2) is 83.8 Å². The molecule has 4 rings (SSSR count). The zero-order chi connectivity index (χ0) is 30.1. The number of methoxy groups -OCH3 is 1. The van der Waals surface area contributed by atoms with Crippen molar-refractivity contribution >= 4 is 27.5 Å². The topological polar surface area (TPSA) is 96.0 Å². The molecule has 1 atom stereocenters. The van der Waals surface area contributed by atoms with Crippen LogP contribution in [0, 0.1) is 6.92 Å². The van der Waals surface area contributed by atoms with Crippen molar-refractivity contribution in [2.45, 2.75) is 75.9 Å². The number of amides is 2. The van der Waals surface area contributed by atoms with Crippen molar-refractivity contribution in [2.24, 2.45) is 0 Å². The van der Waals surface area contributed by atoms with E-state index in [2.05, 4.69) is 5.32 Å². The van der Waals surface area contributed by atoms with Gasteiger partial charge in [0.25, 0.3) is 10.0 Å². The maximum Gasteiger partial charge on any atom is 0.264 e. The summed E-state index contributed by atoms with van der Waals surface area (Å²) in [5.74, 6) is -0.133. The van der Waals surface area contributed by atoms with Gasteiger partial charge in [-0.3, -0.25) is 13.9 Å². The van der Waals surface area contributed by atoms with Gasteiger partial charge in [-0.05, 0) is 68.1 Å². The van der Waals surface area contributed by atoms with Gasteiger partial charge >= 0.3 is 0 Å². The molecule has 2 amide bonds. The van der Waals surface area contributed by atoms with Crippen LogP contribution in [0.1, 0.15) is 56.6 Å². The fraction of sp³-hybridized carbons (Fsp3) is 0.394. The van der Waals surface area contributed by atoms with E-state index in [-0.39, 0.29) is 23.4 Å². The molecule has 1 aliphatic carbocycles. The van der Waals surface area contributed by atoms with Crippen LogP contribution in [-0.4, -0.2) is 50.9 Å². The van der Waals surface area contributed by atoms with Gasteiger partial charge in [-0.15, -0.1) is 0 Å². The van der Waals surface area contributed by atoms with E-state index in [9.17, 15) is 18.0 Å². The van der Waals surface area contributed by atoms with Crippen LogP contribution in [0.25, 0.3) is 0 Å². The van der Waals surface area contributed by atoms with Crippen molar-refractivity contribution in [1.82, 2.24) is 10.2 Å². The molecule has 1 fully saturated rings. The predicted molar refractivity (Wildman–Crippen MR) is 165 cm³/mol. The summed E-state index contributed by atoms with van der Waals surface area (Å²) in [7, 11) is -2.62. The average Bonchev–Trinajstić information content (AvgIpc) is 3.01. The fourth-order valence-corrected chi connectivity index (χ4v) is 6.77. The molecule has 0 heterocycles. The molecular formula is C33H41N3O5S. The first kappa shape index (κ1) is 31.1. The number of hydrogen-bond acceptors (Lipinski definition) is 5. The Kier molecular flexibility index (Phi) is 10.6. The number of nitrogens with one attached hydrogen (secondary N) is 1. The van der Waals surface area contributed by atoms with Gasteiger partial charge in [0.05, 0.1) is 17.7 Å². The minimum atomic E-state index is -4.13. The summed E-state index contributed by atoms with van der Waals surface area (Å²) >= 11 is 0. The number of anilines is 1. The molecule has 8 nitrogen and oxygen atoms in total. The van der Waals surface area contributed by atoms with Gasteiger partial charge < -0.3 is 15.0 Å². The highest BCUT2D eigenvalue weighted by Gasteiger charge is 2.34. The lowest BCUT2D eigenvalue weighted by Gasteiger charge is -2.34. The number of sulfonamides is 1. The molecule has 1 aliphatic rings. The molecule has 0 bridgehead atoms. The van der Waals surface area contributed by atoms with Crippen molar-refractivity contribution < 1.29 is 22.7 Å². The van der Waals surface area contributed by atoms with Gasteiger partial charge in [0.1, 0.15) is 18.3 Å².